The number of carbonyl (C=O) groups is 1. The van der Waals surface area contributed by atoms with Crippen LogP contribution in [0.25, 0.3) is 0 Å². The maximum atomic E-state index is 14.5. The Morgan fingerprint density at radius 1 is 0.844 bits per heavy atom. The molecule has 0 spiro atoms. The molecule has 0 saturated carbocycles. The number of hydrogen-bond donors (Lipinski definition) is 1. The molecule has 0 saturated heterocycles. The van der Waals surface area contributed by atoms with Crippen molar-refractivity contribution in [2.24, 2.45) is 11.7 Å². The number of carbonyl (C=O) groups excluding carboxylic acids is 1. The van der Waals surface area contributed by atoms with Gasteiger partial charge in [0.2, 0.25) is 5.91 Å². The minimum atomic E-state index is -4.80. The van der Waals surface area contributed by atoms with Crippen molar-refractivity contribution in [1.29, 1.82) is 0 Å². The number of hydrogen-bond acceptors (Lipinski definition) is 1. The first kappa shape index (κ1) is 23.4. The minimum absolute atomic E-state index is 0.0501. The third-order valence-electron chi connectivity index (χ3n) is 5.77. The number of nitrogens with two attached hydrogens (primary N) is 1. The van der Waals surface area contributed by atoms with Crippen LogP contribution in [0.2, 0.25) is 0 Å². The molecule has 3 rings (SSSR count). The van der Waals surface area contributed by atoms with Crippen LogP contribution in [0.5, 0.6) is 0 Å². The number of alkyl halides is 3. The van der Waals surface area contributed by atoms with Gasteiger partial charge in [0.15, 0.2) is 0 Å². The molecule has 3 aromatic carbocycles. The number of primary amides is 1. The fraction of sp³-hybridized carbons (Fsp3) is 0.240. The normalized spacial score (nSPS) is 14.6. The second-order valence-electron chi connectivity index (χ2n) is 7.73. The molecule has 2 nitrogen and oxygen atoms in total. The smallest absolute Gasteiger partial charge is 0.369 e. The Bertz CT molecular complexity index is 1080. The first-order valence-corrected chi connectivity index (χ1v) is 10.1. The van der Waals surface area contributed by atoms with Crippen LogP contribution >= 0.6 is 0 Å². The summed E-state index contributed by atoms with van der Waals surface area (Å²) in [6.07, 6.45) is -4.56. The molecular weight excluding hydrogens is 425 g/mol. The molecule has 0 heterocycles. The van der Waals surface area contributed by atoms with E-state index in [2.05, 4.69) is 0 Å². The van der Waals surface area contributed by atoms with Crippen molar-refractivity contribution in [3.8, 4) is 0 Å². The third-order valence-corrected chi connectivity index (χ3v) is 5.77. The minimum Gasteiger partial charge on any atom is -0.369 e. The highest BCUT2D eigenvalue weighted by Gasteiger charge is 2.45. The van der Waals surface area contributed by atoms with Crippen LogP contribution in [-0.2, 0) is 22.8 Å². The highest BCUT2D eigenvalue weighted by Crippen LogP contribution is 2.45. The third kappa shape index (κ3) is 4.66. The van der Waals surface area contributed by atoms with Crippen LogP contribution in [0.15, 0.2) is 72.8 Å². The molecule has 0 aliphatic heterocycles. The molecule has 3 aromatic rings. The van der Waals surface area contributed by atoms with Crippen molar-refractivity contribution in [3.05, 3.63) is 107 Å². The molecule has 0 aromatic heterocycles. The average molecular weight is 447 g/mol. The predicted molar refractivity (Wildman–Crippen MR) is 112 cm³/mol. The van der Waals surface area contributed by atoms with Gasteiger partial charge in [0.05, 0.1) is 11.5 Å². The van der Waals surface area contributed by atoms with Gasteiger partial charge in [-0.2, -0.15) is 13.2 Å². The molecule has 7 heteroatoms. The fourth-order valence-electron chi connectivity index (χ4n) is 4.36. The predicted octanol–water partition coefficient (Wildman–Crippen LogP) is 6.02. The largest absolute Gasteiger partial charge is 0.416 e. The van der Waals surface area contributed by atoms with Crippen molar-refractivity contribution >= 4 is 5.91 Å². The summed E-state index contributed by atoms with van der Waals surface area (Å²) in [5.74, 6) is -3.37. The quantitative estimate of drug-likeness (QED) is 0.442. The van der Waals surface area contributed by atoms with Gasteiger partial charge in [-0.05, 0) is 59.9 Å². The van der Waals surface area contributed by atoms with E-state index in [-0.39, 0.29) is 18.4 Å². The van der Waals surface area contributed by atoms with Gasteiger partial charge in [-0.3, -0.25) is 4.79 Å². The highest BCUT2D eigenvalue weighted by atomic mass is 19.4. The zero-order valence-corrected chi connectivity index (χ0v) is 17.3. The summed E-state index contributed by atoms with van der Waals surface area (Å²) >= 11 is 0. The van der Waals surface area contributed by atoms with Gasteiger partial charge in [-0.25, -0.2) is 8.78 Å². The van der Waals surface area contributed by atoms with E-state index in [0.29, 0.717) is 17.2 Å². The Morgan fingerprint density at radius 2 is 1.44 bits per heavy atom. The summed E-state index contributed by atoms with van der Waals surface area (Å²) in [6.45, 7) is 1.68. The SMILES string of the molecule is CCC(C(N)=O)[C@](Cc1ccccc1)(c1ccc(F)cc1)c1cc(F)cc(C(F)(F)F)c1. The van der Waals surface area contributed by atoms with Crippen LogP contribution in [-0.4, -0.2) is 5.91 Å². The Labute approximate surface area is 182 Å². The van der Waals surface area contributed by atoms with E-state index in [0.717, 1.165) is 24.3 Å². The summed E-state index contributed by atoms with van der Waals surface area (Å²) < 4.78 is 68.9. The Kier molecular flexibility index (Phi) is 6.67. The number of halogens is 5. The van der Waals surface area contributed by atoms with Gasteiger partial charge in [0, 0.05) is 5.41 Å². The lowest BCUT2D eigenvalue weighted by molar-refractivity contribution is -0.137. The zero-order chi connectivity index (χ0) is 23.5. The van der Waals surface area contributed by atoms with Crippen LogP contribution < -0.4 is 5.73 Å². The van der Waals surface area contributed by atoms with Crippen molar-refractivity contribution in [2.75, 3.05) is 0 Å². The van der Waals surface area contributed by atoms with Crippen molar-refractivity contribution in [3.63, 3.8) is 0 Å². The molecule has 0 bridgehead atoms. The number of rotatable bonds is 7. The van der Waals surface area contributed by atoms with Gasteiger partial charge in [-0.1, -0.05) is 49.4 Å². The van der Waals surface area contributed by atoms with E-state index in [1.807, 2.05) is 0 Å². The maximum absolute atomic E-state index is 14.5. The summed E-state index contributed by atoms with van der Waals surface area (Å²) in [5.41, 5.74) is 4.11. The standard InChI is InChI=1S/C25H22F5NO/c1-2-22(23(31)32)24(15-16-6-4-3-5-7-16,17-8-10-20(26)11-9-17)18-12-19(25(28,29)30)14-21(27)13-18/h3-14,22H,2,15H2,1H3,(H2,31,32)/t22?,24-/m1/s1. The van der Waals surface area contributed by atoms with Gasteiger partial charge < -0.3 is 5.73 Å². The molecule has 32 heavy (non-hydrogen) atoms. The molecule has 0 aliphatic carbocycles. The van der Waals surface area contributed by atoms with E-state index in [1.165, 1.54) is 12.1 Å². The van der Waals surface area contributed by atoms with E-state index in [9.17, 15) is 26.7 Å². The summed E-state index contributed by atoms with van der Waals surface area (Å²) in [4.78, 5) is 12.6. The molecule has 168 valence electrons. The molecule has 2 atom stereocenters. The average Bonchev–Trinajstić information content (AvgIpc) is 2.73. The number of benzene rings is 3. The van der Waals surface area contributed by atoms with Crippen LogP contribution in [0.3, 0.4) is 0 Å². The van der Waals surface area contributed by atoms with Crippen LogP contribution in [0.1, 0.15) is 35.6 Å². The van der Waals surface area contributed by atoms with E-state index in [4.69, 9.17) is 5.73 Å². The van der Waals surface area contributed by atoms with E-state index in [1.54, 1.807) is 37.3 Å². The van der Waals surface area contributed by atoms with Crippen molar-refractivity contribution < 1.29 is 26.7 Å². The summed E-state index contributed by atoms with van der Waals surface area (Å²) in [6, 6.07) is 16.2. The Balaban J connectivity index is 2.41. The zero-order valence-electron chi connectivity index (χ0n) is 17.3. The monoisotopic (exact) mass is 447 g/mol. The molecule has 2 N–H and O–H groups in total. The lowest BCUT2D eigenvalue weighted by Crippen LogP contribution is -2.45. The molecule has 0 fully saturated rings. The number of amides is 1. The lowest BCUT2D eigenvalue weighted by atomic mass is 9.61. The van der Waals surface area contributed by atoms with Crippen molar-refractivity contribution in [2.45, 2.75) is 31.4 Å². The summed E-state index contributed by atoms with van der Waals surface area (Å²) in [7, 11) is 0. The Morgan fingerprint density at radius 3 is 1.97 bits per heavy atom. The van der Waals surface area contributed by atoms with E-state index >= 15 is 0 Å². The first-order chi connectivity index (χ1) is 15.1. The van der Waals surface area contributed by atoms with Gasteiger partial charge >= 0.3 is 6.18 Å². The fourth-order valence-corrected chi connectivity index (χ4v) is 4.36. The first-order valence-electron chi connectivity index (χ1n) is 10.1. The van der Waals surface area contributed by atoms with Gasteiger partial charge in [-0.15, -0.1) is 0 Å². The molecule has 1 amide bonds. The second kappa shape index (κ2) is 9.10. The Hall–Kier alpha value is -3.22. The lowest BCUT2D eigenvalue weighted by Gasteiger charge is -2.41. The van der Waals surface area contributed by atoms with Crippen molar-refractivity contribution in [1.82, 2.24) is 0 Å². The molecule has 0 aliphatic rings. The molecular formula is C25H22F5NO. The molecule has 0 radical (unpaired) electrons. The maximum Gasteiger partial charge on any atom is 0.416 e. The second-order valence-corrected chi connectivity index (χ2v) is 7.73. The van der Waals surface area contributed by atoms with Crippen LogP contribution in [0.4, 0.5) is 22.0 Å². The van der Waals surface area contributed by atoms with Gasteiger partial charge in [0.25, 0.3) is 0 Å². The van der Waals surface area contributed by atoms with E-state index < -0.39 is 40.6 Å². The highest BCUT2D eigenvalue weighted by molar-refractivity contribution is 5.80. The van der Waals surface area contributed by atoms with Gasteiger partial charge in [0.1, 0.15) is 11.6 Å². The topological polar surface area (TPSA) is 43.1 Å². The molecule has 1 unspecified atom stereocenters. The van der Waals surface area contributed by atoms with Crippen LogP contribution in [0, 0.1) is 17.6 Å². The summed E-state index contributed by atoms with van der Waals surface area (Å²) in [5, 5.41) is 0.